The molecule has 3 aromatic rings. The Morgan fingerprint density at radius 3 is 2.59 bits per heavy atom. The highest BCUT2D eigenvalue weighted by Gasteiger charge is 2.50. The SMILES string of the molecule is Cc1c(F)ccn2c(NC(=O)N3C4CCC3CC(O)(c3ccccc3)C4)cnc12. The minimum Gasteiger partial charge on any atom is -0.385 e. The minimum absolute atomic E-state index is 0.0164. The van der Waals surface area contributed by atoms with Crippen molar-refractivity contribution in [2.24, 2.45) is 0 Å². The van der Waals surface area contributed by atoms with Crippen molar-refractivity contribution in [2.45, 2.75) is 50.3 Å². The number of urea groups is 1. The molecule has 0 saturated carbocycles. The summed E-state index contributed by atoms with van der Waals surface area (Å²) in [6.07, 6.45) is 5.93. The number of benzene rings is 1. The number of imidazole rings is 1. The molecule has 2 N–H and O–H groups in total. The number of carbonyl (C=O) groups is 1. The van der Waals surface area contributed by atoms with Gasteiger partial charge in [-0.05, 0) is 31.4 Å². The van der Waals surface area contributed by atoms with Gasteiger partial charge in [-0.3, -0.25) is 9.72 Å². The zero-order valence-corrected chi connectivity index (χ0v) is 16.2. The predicted octanol–water partition coefficient (Wildman–Crippen LogP) is 3.83. The molecule has 2 aliphatic rings. The smallest absolute Gasteiger partial charge is 0.323 e. The average molecular weight is 394 g/mol. The van der Waals surface area contributed by atoms with Gasteiger partial charge in [-0.2, -0.15) is 0 Å². The van der Waals surface area contributed by atoms with Crippen LogP contribution in [0, 0.1) is 12.7 Å². The lowest BCUT2D eigenvalue weighted by atomic mass is 9.80. The topological polar surface area (TPSA) is 69.9 Å². The lowest BCUT2D eigenvalue weighted by Gasteiger charge is -2.43. The van der Waals surface area contributed by atoms with Gasteiger partial charge >= 0.3 is 6.03 Å². The quantitative estimate of drug-likeness (QED) is 0.694. The summed E-state index contributed by atoms with van der Waals surface area (Å²) in [5.41, 5.74) is 0.942. The Kier molecular flexibility index (Phi) is 4.10. The van der Waals surface area contributed by atoms with E-state index < -0.39 is 5.60 Å². The number of rotatable bonds is 2. The summed E-state index contributed by atoms with van der Waals surface area (Å²) >= 11 is 0. The average Bonchev–Trinajstić information content (AvgIpc) is 3.25. The standard InChI is InChI=1S/C22H23FN4O2/c1-14-18(23)9-10-26-19(13-24-20(14)26)25-21(28)27-16-7-8-17(27)12-22(29,11-16)15-5-3-2-4-6-15/h2-6,9-10,13,16-17,29H,7-8,11-12H2,1H3,(H,25,28). The maximum absolute atomic E-state index is 13.8. The molecule has 4 heterocycles. The van der Waals surface area contributed by atoms with Crippen LogP contribution in [-0.4, -0.2) is 37.5 Å². The number of hydrogen-bond acceptors (Lipinski definition) is 3. The molecule has 2 atom stereocenters. The Morgan fingerprint density at radius 2 is 1.90 bits per heavy atom. The second kappa shape index (κ2) is 6.56. The van der Waals surface area contributed by atoms with Crippen LogP contribution in [0.5, 0.6) is 0 Å². The molecule has 29 heavy (non-hydrogen) atoms. The molecule has 2 bridgehead atoms. The molecule has 0 spiro atoms. The van der Waals surface area contributed by atoms with E-state index in [4.69, 9.17) is 0 Å². The third-order valence-corrected chi connectivity index (χ3v) is 6.41. The van der Waals surface area contributed by atoms with Crippen LogP contribution >= 0.6 is 0 Å². The summed E-state index contributed by atoms with van der Waals surface area (Å²) in [4.78, 5) is 19.2. The van der Waals surface area contributed by atoms with Gasteiger partial charge in [-0.25, -0.2) is 14.2 Å². The zero-order chi connectivity index (χ0) is 20.2. The van der Waals surface area contributed by atoms with Gasteiger partial charge in [0.25, 0.3) is 0 Å². The van der Waals surface area contributed by atoms with Gasteiger partial charge in [0.2, 0.25) is 0 Å². The second-order valence-electron chi connectivity index (χ2n) is 8.15. The van der Waals surface area contributed by atoms with Gasteiger partial charge in [-0.15, -0.1) is 0 Å². The summed E-state index contributed by atoms with van der Waals surface area (Å²) < 4.78 is 15.4. The third kappa shape index (κ3) is 2.88. The van der Waals surface area contributed by atoms with Gasteiger partial charge in [0.1, 0.15) is 17.3 Å². The number of piperidine rings is 1. The van der Waals surface area contributed by atoms with E-state index in [1.54, 1.807) is 23.7 Å². The van der Waals surface area contributed by atoms with Gasteiger partial charge in [0.05, 0.1) is 11.8 Å². The van der Waals surface area contributed by atoms with E-state index in [0.29, 0.717) is 29.9 Å². The molecule has 2 unspecified atom stereocenters. The molecule has 2 amide bonds. The van der Waals surface area contributed by atoms with Crippen LogP contribution in [0.3, 0.4) is 0 Å². The van der Waals surface area contributed by atoms with E-state index in [1.807, 2.05) is 35.2 Å². The molecule has 2 aliphatic heterocycles. The summed E-state index contributed by atoms with van der Waals surface area (Å²) in [5, 5.41) is 14.2. The molecule has 2 fully saturated rings. The van der Waals surface area contributed by atoms with E-state index in [2.05, 4.69) is 10.3 Å². The number of hydrogen-bond donors (Lipinski definition) is 2. The van der Waals surface area contributed by atoms with E-state index >= 15 is 0 Å². The summed E-state index contributed by atoms with van der Waals surface area (Å²) in [7, 11) is 0. The first-order valence-electron chi connectivity index (χ1n) is 9.96. The number of carbonyl (C=O) groups excluding carboxylic acids is 1. The lowest BCUT2D eigenvalue weighted by molar-refractivity contribution is -0.0422. The number of nitrogens with zero attached hydrogens (tertiary/aromatic N) is 3. The molecule has 2 saturated heterocycles. The molecule has 0 aliphatic carbocycles. The number of aryl methyl sites for hydroxylation is 1. The van der Waals surface area contributed by atoms with Crippen molar-refractivity contribution in [3.05, 3.63) is 65.7 Å². The molecular formula is C22H23FN4O2. The largest absolute Gasteiger partial charge is 0.385 e. The van der Waals surface area contributed by atoms with Crippen LogP contribution in [0.2, 0.25) is 0 Å². The molecule has 5 rings (SSSR count). The Hall–Kier alpha value is -2.93. The first-order chi connectivity index (χ1) is 14.0. The molecule has 7 heteroatoms. The number of nitrogens with one attached hydrogen (secondary N) is 1. The fourth-order valence-corrected chi connectivity index (χ4v) is 4.97. The van der Waals surface area contributed by atoms with Crippen LogP contribution in [0.25, 0.3) is 5.65 Å². The Morgan fingerprint density at radius 1 is 1.21 bits per heavy atom. The first kappa shape index (κ1) is 18.1. The van der Waals surface area contributed by atoms with Crippen LogP contribution in [-0.2, 0) is 5.60 Å². The van der Waals surface area contributed by atoms with E-state index in [1.165, 1.54) is 6.07 Å². The zero-order valence-electron chi connectivity index (χ0n) is 16.2. The maximum Gasteiger partial charge on any atom is 0.323 e. The number of anilines is 1. The van der Waals surface area contributed by atoms with Crippen molar-refractivity contribution in [1.82, 2.24) is 14.3 Å². The third-order valence-electron chi connectivity index (χ3n) is 6.41. The number of pyridine rings is 1. The van der Waals surface area contributed by atoms with Crippen molar-refractivity contribution in [3.63, 3.8) is 0 Å². The summed E-state index contributed by atoms with van der Waals surface area (Å²) in [6.45, 7) is 1.67. The fourth-order valence-electron chi connectivity index (χ4n) is 4.97. The summed E-state index contributed by atoms with van der Waals surface area (Å²) in [5.74, 6) is 0.187. The van der Waals surface area contributed by atoms with E-state index in [-0.39, 0.29) is 23.9 Å². The first-order valence-corrected chi connectivity index (χ1v) is 9.96. The highest BCUT2D eigenvalue weighted by Crippen LogP contribution is 2.45. The molecular weight excluding hydrogens is 371 g/mol. The molecule has 150 valence electrons. The number of fused-ring (bicyclic) bond motifs is 3. The molecule has 1 aromatic carbocycles. The predicted molar refractivity (Wildman–Crippen MR) is 107 cm³/mol. The van der Waals surface area contributed by atoms with Crippen LogP contribution < -0.4 is 5.32 Å². The molecule has 2 aromatic heterocycles. The Balaban J connectivity index is 1.38. The highest BCUT2D eigenvalue weighted by molar-refractivity contribution is 5.89. The van der Waals surface area contributed by atoms with Crippen molar-refractivity contribution in [2.75, 3.05) is 5.32 Å². The maximum atomic E-state index is 13.8. The van der Waals surface area contributed by atoms with Crippen LogP contribution in [0.15, 0.2) is 48.8 Å². The van der Waals surface area contributed by atoms with E-state index in [9.17, 15) is 14.3 Å². The Bertz CT molecular complexity index is 1070. The normalized spacial score (nSPS) is 26.1. The van der Waals surface area contributed by atoms with Gasteiger partial charge < -0.3 is 10.0 Å². The number of amides is 2. The second-order valence-corrected chi connectivity index (χ2v) is 8.15. The van der Waals surface area contributed by atoms with Gasteiger partial charge in [0.15, 0.2) is 0 Å². The number of aromatic nitrogens is 2. The minimum atomic E-state index is -0.901. The van der Waals surface area contributed by atoms with Crippen molar-refractivity contribution in [3.8, 4) is 0 Å². The monoisotopic (exact) mass is 394 g/mol. The lowest BCUT2D eigenvalue weighted by Crippen LogP contribution is -2.53. The van der Waals surface area contributed by atoms with Crippen LogP contribution in [0.1, 0.15) is 36.8 Å². The Labute approximate surface area is 168 Å². The van der Waals surface area contributed by atoms with Crippen molar-refractivity contribution >= 4 is 17.5 Å². The van der Waals surface area contributed by atoms with Gasteiger partial charge in [-0.1, -0.05) is 30.3 Å². The fraction of sp³-hybridized carbons (Fsp3) is 0.364. The van der Waals surface area contributed by atoms with Gasteiger partial charge in [0, 0.05) is 36.7 Å². The van der Waals surface area contributed by atoms with E-state index in [0.717, 1.165) is 18.4 Å². The van der Waals surface area contributed by atoms with Crippen molar-refractivity contribution in [1.29, 1.82) is 0 Å². The number of halogens is 1. The molecule has 0 radical (unpaired) electrons. The summed E-state index contributed by atoms with van der Waals surface area (Å²) in [6, 6.07) is 10.8. The highest BCUT2D eigenvalue weighted by atomic mass is 19.1. The number of aliphatic hydroxyl groups is 1. The van der Waals surface area contributed by atoms with Crippen LogP contribution in [0.4, 0.5) is 15.0 Å². The molecule has 6 nitrogen and oxygen atoms in total. The van der Waals surface area contributed by atoms with Crippen molar-refractivity contribution < 1.29 is 14.3 Å².